The maximum Gasteiger partial charge on any atom is 0.267 e. The van der Waals surface area contributed by atoms with E-state index in [0.29, 0.717) is 12.3 Å². The van der Waals surface area contributed by atoms with Crippen molar-refractivity contribution < 1.29 is 9.59 Å². The Morgan fingerprint density at radius 1 is 1.24 bits per heavy atom. The lowest BCUT2D eigenvalue weighted by Gasteiger charge is -2.20. The maximum absolute atomic E-state index is 12.3. The molecule has 8 heteroatoms. The van der Waals surface area contributed by atoms with E-state index in [1.54, 1.807) is 10.9 Å². The van der Waals surface area contributed by atoms with Gasteiger partial charge in [0.05, 0.1) is 5.69 Å². The third-order valence-electron chi connectivity index (χ3n) is 3.93. The number of primary amides is 1. The lowest BCUT2D eigenvalue weighted by molar-refractivity contribution is -0.119. The van der Waals surface area contributed by atoms with E-state index in [4.69, 9.17) is 5.73 Å². The highest BCUT2D eigenvalue weighted by Gasteiger charge is 2.34. The number of rotatable bonds is 7. The highest BCUT2D eigenvalue weighted by molar-refractivity contribution is 6.40. The van der Waals surface area contributed by atoms with Crippen LogP contribution in [0.5, 0.6) is 0 Å². The molecule has 3 rings (SSSR count). The van der Waals surface area contributed by atoms with Gasteiger partial charge in [0, 0.05) is 31.9 Å². The Hall–Kier alpha value is -3.16. The molecule has 0 aliphatic carbocycles. The van der Waals surface area contributed by atoms with Crippen molar-refractivity contribution in [2.45, 2.75) is 25.4 Å². The number of para-hydroxylation sites is 1. The number of hydrogen-bond acceptors (Lipinski definition) is 5. The lowest BCUT2D eigenvalue weighted by Crippen LogP contribution is -2.40. The largest absolute Gasteiger partial charge is 0.368 e. The molecule has 1 aliphatic rings. The smallest absolute Gasteiger partial charge is 0.267 e. The van der Waals surface area contributed by atoms with Gasteiger partial charge < -0.3 is 11.1 Å². The summed E-state index contributed by atoms with van der Waals surface area (Å²) >= 11 is 0. The van der Waals surface area contributed by atoms with E-state index in [1.807, 2.05) is 42.6 Å². The van der Waals surface area contributed by atoms with Crippen molar-refractivity contribution in [3.63, 3.8) is 0 Å². The SMILES string of the molecule is NC(=O)[C@H]1CC(C(=O)NCCCn2cccn2)=NN1c1ccccc1. The fraction of sp³-hybridized carbons (Fsp3) is 0.294. The number of benzene rings is 1. The Labute approximate surface area is 145 Å². The summed E-state index contributed by atoms with van der Waals surface area (Å²) < 4.78 is 1.81. The molecule has 2 heterocycles. The van der Waals surface area contributed by atoms with Crippen LogP contribution in [-0.2, 0) is 16.1 Å². The highest BCUT2D eigenvalue weighted by atomic mass is 16.2. The summed E-state index contributed by atoms with van der Waals surface area (Å²) in [6.45, 7) is 1.23. The molecule has 3 N–H and O–H groups in total. The summed E-state index contributed by atoms with van der Waals surface area (Å²) in [7, 11) is 0. The highest BCUT2D eigenvalue weighted by Crippen LogP contribution is 2.24. The number of carbonyl (C=O) groups is 2. The summed E-state index contributed by atoms with van der Waals surface area (Å²) in [6, 6.07) is 10.4. The van der Waals surface area contributed by atoms with Crippen LogP contribution < -0.4 is 16.1 Å². The average molecular weight is 340 g/mol. The summed E-state index contributed by atoms with van der Waals surface area (Å²) in [5.74, 6) is -0.778. The second-order valence-corrected chi connectivity index (χ2v) is 5.73. The molecular formula is C17H20N6O2. The van der Waals surface area contributed by atoms with Crippen LogP contribution in [-0.4, -0.2) is 39.9 Å². The fourth-order valence-electron chi connectivity index (χ4n) is 2.67. The number of nitrogens with one attached hydrogen (secondary N) is 1. The topological polar surface area (TPSA) is 106 Å². The molecule has 0 radical (unpaired) electrons. The molecule has 1 aliphatic heterocycles. The number of hydrogen-bond donors (Lipinski definition) is 2. The number of anilines is 1. The lowest BCUT2D eigenvalue weighted by atomic mass is 10.1. The van der Waals surface area contributed by atoms with Gasteiger partial charge in [0.1, 0.15) is 11.8 Å². The van der Waals surface area contributed by atoms with Crippen molar-refractivity contribution >= 4 is 23.2 Å². The molecule has 130 valence electrons. The predicted octanol–water partition coefficient (Wildman–Crippen LogP) is 0.510. The molecule has 2 amide bonds. The molecule has 0 saturated heterocycles. The van der Waals surface area contributed by atoms with E-state index in [0.717, 1.165) is 18.7 Å². The van der Waals surface area contributed by atoms with Gasteiger partial charge in [-0.25, -0.2) is 0 Å². The van der Waals surface area contributed by atoms with Gasteiger partial charge in [0.25, 0.3) is 5.91 Å². The molecule has 0 fully saturated rings. The number of nitrogens with two attached hydrogens (primary N) is 1. The van der Waals surface area contributed by atoms with Gasteiger partial charge in [-0.1, -0.05) is 18.2 Å². The molecule has 1 aromatic heterocycles. The first kappa shape index (κ1) is 16.7. The number of carbonyl (C=O) groups excluding carboxylic acids is 2. The Morgan fingerprint density at radius 3 is 2.72 bits per heavy atom. The molecule has 8 nitrogen and oxygen atoms in total. The first-order chi connectivity index (χ1) is 12.1. The van der Waals surface area contributed by atoms with Crippen molar-refractivity contribution in [2.24, 2.45) is 10.8 Å². The minimum Gasteiger partial charge on any atom is -0.368 e. The Balaban J connectivity index is 1.59. The van der Waals surface area contributed by atoms with Gasteiger partial charge >= 0.3 is 0 Å². The van der Waals surface area contributed by atoms with E-state index in [2.05, 4.69) is 15.5 Å². The molecule has 0 unspecified atom stereocenters. The third kappa shape index (κ3) is 4.03. The fourth-order valence-corrected chi connectivity index (χ4v) is 2.67. The molecule has 0 bridgehead atoms. The average Bonchev–Trinajstić information content (AvgIpc) is 3.29. The van der Waals surface area contributed by atoms with E-state index in [-0.39, 0.29) is 12.3 Å². The number of nitrogens with zero attached hydrogens (tertiary/aromatic N) is 4. The number of aromatic nitrogens is 2. The van der Waals surface area contributed by atoms with Crippen LogP contribution >= 0.6 is 0 Å². The van der Waals surface area contributed by atoms with Crippen LogP contribution in [0.4, 0.5) is 5.69 Å². The van der Waals surface area contributed by atoms with Gasteiger partial charge in [-0.05, 0) is 24.6 Å². The molecular weight excluding hydrogens is 320 g/mol. The van der Waals surface area contributed by atoms with Crippen LogP contribution in [0.2, 0.25) is 0 Å². The first-order valence-corrected chi connectivity index (χ1v) is 8.12. The second kappa shape index (κ2) is 7.61. The van der Waals surface area contributed by atoms with Crippen LogP contribution in [0, 0.1) is 0 Å². The van der Waals surface area contributed by atoms with E-state index >= 15 is 0 Å². The van der Waals surface area contributed by atoms with Crippen LogP contribution in [0.15, 0.2) is 53.9 Å². The molecule has 1 aromatic carbocycles. The van der Waals surface area contributed by atoms with E-state index in [1.165, 1.54) is 5.01 Å². The van der Waals surface area contributed by atoms with Crippen LogP contribution in [0.25, 0.3) is 0 Å². The normalized spacial score (nSPS) is 16.6. The standard InChI is InChI=1S/C17H20N6O2/c18-16(24)15-12-14(21-23(15)13-6-2-1-3-7-13)17(25)19-8-4-10-22-11-5-9-20-22/h1-3,5-7,9,11,15H,4,8,10,12H2,(H2,18,24)(H,19,25)/t15-/m1/s1. The maximum atomic E-state index is 12.3. The molecule has 2 aromatic rings. The van der Waals surface area contributed by atoms with Crippen molar-refractivity contribution in [2.75, 3.05) is 11.6 Å². The molecule has 0 saturated carbocycles. The zero-order valence-corrected chi connectivity index (χ0v) is 13.7. The number of amides is 2. The monoisotopic (exact) mass is 340 g/mol. The Kier molecular flexibility index (Phi) is 5.08. The summed E-state index contributed by atoms with van der Waals surface area (Å²) in [6.07, 6.45) is 4.55. The van der Waals surface area contributed by atoms with Crippen molar-refractivity contribution in [1.82, 2.24) is 15.1 Å². The summed E-state index contributed by atoms with van der Waals surface area (Å²) in [5.41, 5.74) is 6.51. The quantitative estimate of drug-likeness (QED) is 0.716. The van der Waals surface area contributed by atoms with Crippen molar-refractivity contribution in [3.8, 4) is 0 Å². The van der Waals surface area contributed by atoms with Crippen molar-refractivity contribution in [3.05, 3.63) is 48.8 Å². The summed E-state index contributed by atoms with van der Waals surface area (Å²) in [5, 5.41) is 12.8. The van der Waals surface area contributed by atoms with Gasteiger partial charge in [-0.3, -0.25) is 19.3 Å². The van der Waals surface area contributed by atoms with Gasteiger partial charge in [0.15, 0.2) is 0 Å². The first-order valence-electron chi connectivity index (χ1n) is 8.12. The number of hydrazone groups is 1. The molecule has 25 heavy (non-hydrogen) atoms. The zero-order valence-electron chi connectivity index (χ0n) is 13.7. The predicted molar refractivity (Wildman–Crippen MR) is 93.8 cm³/mol. The second-order valence-electron chi connectivity index (χ2n) is 5.73. The van der Waals surface area contributed by atoms with E-state index in [9.17, 15) is 9.59 Å². The third-order valence-corrected chi connectivity index (χ3v) is 3.93. The zero-order chi connectivity index (χ0) is 17.6. The number of aryl methyl sites for hydroxylation is 1. The van der Waals surface area contributed by atoms with Gasteiger partial charge in [0.2, 0.25) is 5.91 Å². The van der Waals surface area contributed by atoms with Gasteiger partial charge in [-0.15, -0.1) is 0 Å². The summed E-state index contributed by atoms with van der Waals surface area (Å²) in [4.78, 5) is 24.0. The Morgan fingerprint density at radius 2 is 2.04 bits per heavy atom. The Bertz CT molecular complexity index is 757. The van der Waals surface area contributed by atoms with Gasteiger partial charge in [-0.2, -0.15) is 10.2 Å². The molecule has 0 spiro atoms. The minimum atomic E-state index is -0.646. The van der Waals surface area contributed by atoms with Crippen LogP contribution in [0.3, 0.4) is 0 Å². The minimum absolute atomic E-state index is 0.204. The molecule has 1 atom stereocenters. The van der Waals surface area contributed by atoms with Crippen molar-refractivity contribution in [1.29, 1.82) is 0 Å². The van der Waals surface area contributed by atoms with E-state index < -0.39 is 11.9 Å². The van der Waals surface area contributed by atoms with Crippen LogP contribution in [0.1, 0.15) is 12.8 Å².